The molecule has 0 radical (unpaired) electrons. The number of aliphatic hydroxyl groups is 1. The molecule has 0 spiro atoms. The number of aliphatic hydroxyl groups excluding tert-OH is 1. The molecule has 0 aliphatic heterocycles. The molecule has 2 atom stereocenters. The van der Waals surface area contributed by atoms with Crippen LogP contribution in [0.3, 0.4) is 0 Å². The van der Waals surface area contributed by atoms with Crippen molar-refractivity contribution in [2.45, 2.75) is 25.9 Å². The van der Waals surface area contributed by atoms with Gasteiger partial charge in [0.25, 0.3) is 0 Å². The average molecular weight is 220 g/mol. The molecule has 0 aromatic rings. The molecule has 0 aliphatic carbocycles. The van der Waals surface area contributed by atoms with Crippen LogP contribution >= 0.6 is 0 Å². The van der Waals surface area contributed by atoms with E-state index in [1.807, 2.05) is 0 Å². The Morgan fingerprint density at radius 2 is 1.67 bits per heavy atom. The van der Waals surface area contributed by atoms with Crippen LogP contribution in [0.1, 0.15) is 13.8 Å². The zero-order valence-corrected chi connectivity index (χ0v) is 8.60. The second kappa shape index (κ2) is 6.33. The summed E-state index contributed by atoms with van der Waals surface area (Å²) >= 11 is 0. The van der Waals surface area contributed by atoms with Gasteiger partial charge in [0, 0.05) is 0 Å². The van der Waals surface area contributed by atoms with Crippen molar-refractivity contribution in [1.82, 2.24) is 10.9 Å². The Kier molecular flexibility index (Phi) is 5.83. The van der Waals surface area contributed by atoms with Crippen molar-refractivity contribution in [3.63, 3.8) is 0 Å². The van der Waals surface area contributed by atoms with E-state index < -0.39 is 30.6 Å². The summed E-state index contributed by atoms with van der Waals surface area (Å²) in [6.45, 7) is 2.75. The zero-order chi connectivity index (χ0) is 12.0. The minimum Gasteiger partial charge on any atom is -0.480 e. The third kappa shape index (κ3) is 4.73. The Balaban J connectivity index is 4.20. The van der Waals surface area contributed by atoms with E-state index in [9.17, 15) is 9.59 Å². The van der Waals surface area contributed by atoms with Gasteiger partial charge in [0.15, 0.2) is 0 Å². The number of nitrogens with one attached hydrogen (secondary N) is 2. The number of aliphatic carboxylic acids is 2. The van der Waals surface area contributed by atoms with Crippen LogP contribution in [0.5, 0.6) is 0 Å². The summed E-state index contributed by atoms with van der Waals surface area (Å²) in [6, 6.07) is -2.12. The first-order valence-corrected chi connectivity index (χ1v) is 4.47. The molecule has 0 amide bonds. The summed E-state index contributed by atoms with van der Waals surface area (Å²) in [6.07, 6.45) is 0. The van der Waals surface area contributed by atoms with Crippen LogP contribution in [0.15, 0.2) is 0 Å². The molecular formula is C8H16N2O5. The predicted molar refractivity (Wildman–Crippen MR) is 51.0 cm³/mol. The quantitative estimate of drug-likeness (QED) is 0.336. The van der Waals surface area contributed by atoms with Crippen LogP contribution < -0.4 is 10.9 Å². The predicted octanol–water partition coefficient (Wildman–Crippen LogP) is -1.36. The van der Waals surface area contributed by atoms with Crippen molar-refractivity contribution in [3.8, 4) is 0 Å². The molecule has 88 valence electrons. The fourth-order valence-corrected chi connectivity index (χ4v) is 0.889. The van der Waals surface area contributed by atoms with Gasteiger partial charge < -0.3 is 15.3 Å². The van der Waals surface area contributed by atoms with Gasteiger partial charge in [0.05, 0.1) is 6.61 Å². The van der Waals surface area contributed by atoms with Gasteiger partial charge in [-0.15, -0.1) is 0 Å². The largest absolute Gasteiger partial charge is 0.480 e. The minimum absolute atomic E-state index is 0.205. The van der Waals surface area contributed by atoms with Crippen LogP contribution in [-0.2, 0) is 9.59 Å². The highest BCUT2D eigenvalue weighted by Crippen LogP contribution is 2.00. The smallest absolute Gasteiger partial charge is 0.324 e. The normalized spacial score (nSPS) is 14.9. The lowest BCUT2D eigenvalue weighted by Crippen LogP contribution is -2.55. The molecule has 7 heteroatoms. The molecular weight excluding hydrogens is 204 g/mol. The first kappa shape index (κ1) is 13.8. The average Bonchev–Trinajstić information content (AvgIpc) is 2.10. The summed E-state index contributed by atoms with van der Waals surface area (Å²) < 4.78 is 0. The lowest BCUT2D eigenvalue weighted by atomic mass is 10.1. The van der Waals surface area contributed by atoms with Gasteiger partial charge in [-0.05, 0) is 5.92 Å². The number of carboxylic acids is 2. The topological polar surface area (TPSA) is 119 Å². The third-order valence-electron chi connectivity index (χ3n) is 1.83. The minimum atomic E-state index is -1.25. The number of hydrogen-bond acceptors (Lipinski definition) is 5. The molecule has 0 aromatic heterocycles. The van der Waals surface area contributed by atoms with Crippen molar-refractivity contribution in [2.24, 2.45) is 5.92 Å². The van der Waals surface area contributed by atoms with E-state index in [0.717, 1.165) is 0 Å². The fraction of sp³-hybridized carbons (Fsp3) is 0.750. The highest BCUT2D eigenvalue weighted by atomic mass is 16.4. The molecule has 0 rings (SSSR count). The molecule has 15 heavy (non-hydrogen) atoms. The standard InChI is InChI=1S/C8H16N2O5/c1-4(2)6(8(14)15)10-9-5(3-11)7(12)13/h4-6,9-11H,3H2,1-2H3,(H,12,13)(H,14,15)/t5-,6-/m0/s1. The van der Waals surface area contributed by atoms with E-state index in [4.69, 9.17) is 15.3 Å². The molecule has 7 nitrogen and oxygen atoms in total. The molecule has 0 saturated heterocycles. The lowest BCUT2D eigenvalue weighted by molar-refractivity contribution is -0.144. The van der Waals surface area contributed by atoms with Crippen molar-refractivity contribution in [3.05, 3.63) is 0 Å². The maximum Gasteiger partial charge on any atom is 0.324 e. The monoisotopic (exact) mass is 220 g/mol. The molecule has 0 fully saturated rings. The zero-order valence-electron chi connectivity index (χ0n) is 8.60. The molecule has 0 saturated carbocycles. The Bertz CT molecular complexity index is 231. The number of rotatable bonds is 7. The van der Waals surface area contributed by atoms with E-state index in [0.29, 0.717) is 0 Å². The Labute approximate surface area is 87.1 Å². The van der Waals surface area contributed by atoms with Gasteiger partial charge in [0.2, 0.25) is 0 Å². The number of carboxylic acid groups (broad SMARTS) is 2. The molecule has 0 unspecified atom stereocenters. The second-order valence-corrected chi connectivity index (χ2v) is 3.42. The van der Waals surface area contributed by atoms with Crippen molar-refractivity contribution >= 4 is 11.9 Å². The highest BCUT2D eigenvalue weighted by Gasteiger charge is 2.23. The Hall–Kier alpha value is -1.18. The van der Waals surface area contributed by atoms with E-state index >= 15 is 0 Å². The van der Waals surface area contributed by atoms with Crippen LogP contribution in [-0.4, -0.2) is 45.9 Å². The van der Waals surface area contributed by atoms with Crippen LogP contribution in [0.25, 0.3) is 0 Å². The van der Waals surface area contributed by atoms with E-state index in [-0.39, 0.29) is 5.92 Å². The summed E-state index contributed by atoms with van der Waals surface area (Å²) in [7, 11) is 0. The number of carbonyl (C=O) groups is 2. The van der Waals surface area contributed by atoms with Crippen molar-refractivity contribution in [1.29, 1.82) is 0 Å². The van der Waals surface area contributed by atoms with Crippen LogP contribution in [0, 0.1) is 5.92 Å². The molecule has 5 N–H and O–H groups in total. The molecule has 0 heterocycles. The van der Waals surface area contributed by atoms with E-state index in [2.05, 4.69) is 10.9 Å². The van der Waals surface area contributed by atoms with Crippen LogP contribution in [0.4, 0.5) is 0 Å². The lowest BCUT2D eigenvalue weighted by Gasteiger charge is -2.20. The summed E-state index contributed by atoms with van der Waals surface area (Å²) in [5.74, 6) is -2.54. The first-order chi connectivity index (χ1) is 6.90. The van der Waals surface area contributed by atoms with E-state index in [1.165, 1.54) is 0 Å². The second-order valence-electron chi connectivity index (χ2n) is 3.42. The Morgan fingerprint density at radius 3 is 1.93 bits per heavy atom. The highest BCUT2D eigenvalue weighted by molar-refractivity contribution is 5.75. The van der Waals surface area contributed by atoms with Crippen molar-refractivity contribution in [2.75, 3.05) is 6.61 Å². The maximum absolute atomic E-state index is 10.7. The third-order valence-corrected chi connectivity index (χ3v) is 1.83. The van der Waals surface area contributed by atoms with Gasteiger partial charge >= 0.3 is 11.9 Å². The SMILES string of the molecule is CC(C)[C@H](NN[C@@H](CO)C(=O)O)C(=O)O. The van der Waals surface area contributed by atoms with Crippen LogP contribution in [0.2, 0.25) is 0 Å². The number of hydrazine groups is 1. The number of hydrogen-bond donors (Lipinski definition) is 5. The maximum atomic E-state index is 10.7. The van der Waals surface area contributed by atoms with Gasteiger partial charge in [-0.1, -0.05) is 13.8 Å². The van der Waals surface area contributed by atoms with E-state index in [1.54, 1.807) is 13.8 Å². The summed E-state index contributed by atoms with van der Waals surface area (Å²) in [4.78, 5) is 21.2. The molecule has 0 bridgehead atoms. The Morgan fingerprint density at radius 1 is 1.13 bits per heavy atom. The van der Waals surface area contributed by atoms with Gasteiger partial charge in [-0.3, -0.25) is 9.59 Å². The van der Waals surface area contributed by atoms with Gasteiger partial charge in [-0.2, -0.15) is 0 Å². The summed E-state index contributed by atoms with van der Waals surface area (Å²) in [5.41, 5.74) is 4.61. The fourth-order valence-electron chi connectivity index (χ4n) is 0.889. The van der Waals surface area contributed by atoms with Gasteiger partial charge in [-0.25, -0.2) is 10.9 Å². The van der Waals surface area contributed by atoms with Gasteiger partial charge in [0.1, 0.15) is 12.1 Å². The molecule has 0 aliphatic rings. The summed E-state index contributed by atoms with van der Waals surface area (Å²) in [5, 5.41) is 26.0. The molecule has 0 aromatic carbocycles. The van der Waals surface area contributed by atoms with Crippen molar-refractivity contribution < 1.29 is 24.9 Å². The first-order valence-electron chi connectivity index (χ1n) is 4.47.